The van der Waals surface area contributed by atoms with E-state index in [-0.39, 0.29) is 5.91 Å². The summed E-state index contributed by atoms with van der Waals surface area (Å²) in [6.45, 7) is 2.11. The van der Waals surface area contributed by atoms with Crippen molar-refractivity contribution in [1.82, 2.24) is 10.3 Å². The molecule has 0 unspecified atom stereocenters. The fourth-order valence-electron chi connectivity index (χ4n) is 1.31. The number of carbonyl (C=O) groups excluding carboxylic acids is 2. The van der Waals surface area contributed by atoms with Crippen LogP contribution in [0.2, 0.25) is 0 Å². The van der Waals surface area contributed by atoms with Crippen LogP contribution in [0.15, 0.2) is 18.3 Å². The van der Waals surface area contributed by atoms with Crippen LogP contribution in [-0.4, -0.2) is 23.7 Å². The van der Waals surface area contributed by atoms with Crippen molar-refractivity contribution in [2.75, 3.05) is 6.54 Å². The SMILES string of the molecule is CC(=O)NCCCc1cccnc1C=O. The van der Waals surface area contributed by atoms with Crippen LogP contribution < -0.4 is 5.32 Å². The van der Waals surface area contributed by atoms with Crippen molar-refractivity contribution in [2.24, 2.45) is 0 Å². The largest absolute Gasteiger partial charge is 0.356 e. The molecule has 0 bridgehead atoms. The van der Waals surface area contributed by atoms with Crippen LogP contribution in [0.4, 0.5) is 0 Å². The Balaban J connectivity index is 2.43. The molecule has 1 amide bonds. The third-order valence-electron chi connectivity index (χ3n) is 2.03. The molecule has 0 spiro atoms. The lowest BCUT2D eigenvalue weighted by Gasteiger charge is -2.04. The first kappa shape index (κ1) is 11.4. The Morgan fingerprint density at radius 3 is 3.07 bits per heavy atom. The lowest BCUT2D eigenvalue weighted by Crippen LogP contribution is -2.21. The number of rotatable bonds is 5. The predicted octanol–water partition coefficient (Wildman–Crippen LogP) is 0.963. The topological polar surface area (TPSA) is 59.1 Å². The monoisotopic (exact) mass is 206 g/mol. The number of hydrogen-bond donors (Lipinski definition) is 1. The maximum absolute atomic E-state index is 10.6. The first-order valence-corrected chi connectivity index (χ1v) is 4.87. The van der Waals surface area contributed by atoms with Crippen LogP contribution in [0.3, 0.4) is 0 Å². The second kappa shape index (κ2) is 5.90. The summed E-state index contributed by atoms with van der Waals surface area (Å²) in [5.41, 5.74) is 1.41. The molecule has 4 heteroatoms. The molecule has 0 saturated carbocycles. The van der Waals surface area contributed by atoms with E-state index in [4.69, 9.17) is 0 Å². The van der Waals surface area contributed by atoms with Gasteiger partial charge in [0.25, 0.3) is 0 Å². The van der Waals surface area contributed by atoms with E-state index < -0.39 is 0 Å². The van der Waals surface area contributed by atoms with Crippen LogP contribution in [0.1, 0.15) is 29.4 Å². The lowest BCUT2D eigenvalue weighted by atomic mass is 10.1. The smallest absolute Gasteiger partial charge is 0.216 e. The van der Waals surface area contributed by atoms with Crippen LogP contribution in [0.25, 0.3) is 0 Å². The molecule has 0 aromatic carbocycles. The Labute approximate surface area is 88.7 Å². The summed E-state index contributed by atoms with van der Waals surface area (Å²) in [6, 6.07) is 3.69. The van der Waals surface area contributed by atoms with E-state index >= 15 is 0 Å². The number of aldehydes is 1. The average molecular weight is 206 g/mol. The van der Waals surface area contributed by atoms with E-state index in [2.05, 4.69) is 10.3 Å². The highest BCUT2D eigenvalue weighted by atomic mass is 16.1. The summed E-state index contributed by atoms with van der Waals surface area (Å²) < 4.78 is 0. The van der Waals surface area contributed by atoms with Gasteiger partial charge in [0.15, 0.2) is 6.29 Å². The highest BCUT2D eigenvalue weighted by Crippen LogP contribution is 2.05. The summed E-state index contributed by atoms with van der Waals surface area (Å²) in [5.74, 6) is -0.0307. The van der Waals surface area contributed by atoms with Gasteiger partial charge >= 0.3 is 0 Å². The van der Waals surface area contributed by atoms with Gasteiger partial charge in [-0.2, -0.15) is 0 Å². The molecule has 0 aliphatic rings. The maximum atomic E-state index is 10.6. The van der Waals surface area contributed by atoms with Crippen molar-refractivity contribution in [3.05, 3.63) is 29.6 Å². The minimum atomic E-state index is -0.0307. The molecular formula is C11H14N2O2. The Kier molecular flexibility index (Phi) is 4.47. The Morgan fingerprint density at radius 1 is 1.60 bits per heavy atom. The standard InChI is InChI=1S/C11H14N2O2/c1-9(15)12-6-2-4-10-5-3-7-13-11(10)8-14/h3,5,7-8H,2,4,6H2,1H3,(H,12,15). The van der Waals surface area contributed by atoms with Gasteiger partial charge in [-0.05, 0) is 24.5 Å². The molecule has 80 valence electrons. The van der Waals surface area contributed by atoms with Crippen molar-refractivity contribution >= 4 is 12.2 Å². The Hall–Kier alpha value is -1.71. The molecule has 0 fully saturated rings. The summed E-state index contributed by atoms with van der Waals surface area (Å²) in [7, 11) is 0. The Bertz CT molecular complexity index is 350. The first-order chi connectivity index (χ1) is 7.24. The van der Waals surface area contributed by atoms with E-state index in [1.54, 1.807) is 12.3 Å². The molecule has 0 radical (unpaired) electrons. The number of aromatic nitrogens is 1. The molecule has 1 aromatic rings. The molecule has 0 aliphatic heterocycles. The van der Waals surface area contributed by atoms with Gasteiger partial charge in [-0.25, -0.2) is 0 Å². The molecule has 1 rings (SSSR count). The van der Waals surface area contributed by atoms with Crippen molar-refractivity contribution < 1.29 is 9.59 Å². The number of aryl methyl sites for hydroxylation is 1. The van der Waals surface area contributed by atoms with Gasteiger partial charge in [0.1, 0.15) is 5.69 Å². The fourth-order valence-corrected chi connectivity index (χ4v) is 1.31. The molecule has 4 nitrogen and oxygen atoms in total. The number of pyridine rings is 1. The molecule has 0 saturated heterocycles. The van der Waals surface area contributed by atoms with Crippen molar-refractivity contribution in [2.45, 2.75) is 19.8 Å². The lowest BCUT2D eigenvalue weighted by molar-refractivity contribution is -0.118. The van der Waals surface area contributed by atoms with E-state index in [0.29, 0.717) is 12.2 Å². The first-order valence-electron chi connectivity index (χ1n) is 4.87. The predicted molar refractivity (Wildman–Crippen MR) is 56.6 cm³/mol. The van der Waals surface area contributed by atoms with Crippen LogP contribution in [0, 0.1) is 0 Å². The number of carbonyl (C=O) groups is 2. The van der Waals surface area contributed by atoms with Gasteiger partial charge in [-0.3, -0.25) is 14.6 Å². The zero-order valence-electron chi connectivity index (χ0n) is 8.69. The van der Waals surface area contributed by atoms with Gasteiger partial charge in [0.2, 0.25) is 5.91 Å². The number of nitrogens with zero attached hydrogens (tertiary/aromatic N) is 1. The summed E-state index contributed by atoms with van der Waals surface area (Å²) in [4.78, 5) is 25.2. The molecule has 0 atom stereocenters. The molecule has 1 heterocycles. The second-order valence-electron chi connectivity index (χ2n) is 3.25. The average Bonchev–Trinajstić information content (AvgIpc) is 2.24. The normalized spacial score (nSPS) is 9.67. The third kappa shape index (κ3) is 3.89. The maximum Gasteiger partial charge on any atom is 0.216 e. The van der Waals surface area contributed by atoms with Gasteiger partial charge in [-0.1, -0.05) is 6.07 Å². The highest BCUT2D eigenvalue weighted by molar-refractivity contribution is 5.74. The number of hydrogen-bond acceptors (Lipinski definition) is 3. The molecule has 1 N–H and O–H groups in total. The van der Waals surface area contributed by atoms with E-state index in [1.807, 2.05) is 6.07 Å². The molecular weight excluding hydrogens is 192 g/mol. The third-order valence-corrected chi connectivity index (χ3v) is 2.03. The summed E-state index contributed by atoms with van der Waals surface area (Å²) >= 11 is 0. The van der Waals surface area contributed by atoms with E-state index in [0.717, 1.165) is 24.7 Å². The van der Waals surface area contributed by atoms with Crippen LogP contribution >= 0.6 is 0 Å². The highest BCUT2D eigenvalue weighted by Gasteiger charge is 2.01. The molecule has 15 heavy (non-hydrogen) atoms. The summed E-state index contributed by atoms with van der Waals surface area (Å²) in [5, 5.41) is 2.71. The zero-order chi connectivity index (χ0) is 11.1. The second-order valence-corrected chi connectivity index (χ2v) is 3.25. The van der Waals surface area contributed by atoms with E-state index in [1.165, 1.54) is 6.92 Å². The molecule has 0 aliphatic carbocycles. The van der Waals surface area contributed by atoms with Crippen molar-refractivity contribution in [3.8, 4) is 0 Å². The van der Waals surface area contributed by atoms with Gasteiger partial charge in [0.05, 0.1) is 0 Å². The van der Waals surface area contributed by atoms with Crippen LogP contribution in [0.5, 0.6) is 0 Å². The minimum absolute atomic E-state index is 0.0307. The zero-order valence-corrected chi connectivity index (χ0v) is 8.69. The number of nitrogens with one attached hydrogen (secondary N) is 1. The summed E-state index contributed by atoms with van der Waals surface area (Å²) in [6.07, 6.45) is 3.92. The number of amides is 1. The van der Waals surface area contributed by atoms with Crippen molar-refractivity contribution in [1.29, 1.82) is 0 Å². The quantitative estimate of drug-likeness (QED) is 0.576. The van der Waals surface area contributed by atoms with Crippen LogP contribution in [-0.2, 0) is 11.2 Å². The van der Waals surface area contributed by atoms with Gasteiger partial charge in [0, 0.05) is 19.7 Å². The van der Waals surface area contributed by atoms with Crippen molar-refractivity contribution in [3.63, 3.8) is 0 Å². The van der Waals surface area contributed by atoms with Gasteiger partial charge < -0.3 is 5.32 Å². The minimum Gasteiger partial charge on any atom is -0.356 e. The van der Waals surface area contributed by atoms with Gasteiger partial charge in [-0.15, -0.1) is 0 Å². The molecule has 1 aromatic heterocycles. The Morgan fingerprint density at radius 2 is 2.40 bits per heavy atom. The fraction of sp³-hybridized carbons (Fsp3) is 0.364. The van der Waals surface area contributed by atoms with E-state index in [9.17, 15) is 9.59 Å².